The van der Waals surface area contributed by atoms with Crippen molar-refractivity contribution in [3.8, 4) is 0 Å². The van der Waals surface area contributed by atoms with Crippen LogP contribution in [0.25, 0.3) is 0 Å². The molecular formula is C15H23N3OS. The second-order valence-electron chi connectivity index (χ2n) is 6.11. The lowest BCUT2D eigenvalue weighted by Crippen LogP contribution is -2.40. The predicted octanol–water partition coefficient (Wildman–Crippen LogP) is 2.70. The van der Waals surface area contributed by atoms with Crippen LogP contribution in [0.4, 0.5) is 5.82 Å². The molecule has 2 heterocycles. The average molecular weight is 293 g/mol. The quantitative estimate of drug-likeness (QED) is 0.839. The Balaban J connectivity index is 2.26. The van der Waals surface area contributed by atoms with Gasteiger partial charge in [-0.1, -0.05) is 12.2 Å². The van der Waals surface area contributed by atoms with E-state index in [4.69, 9.17) is 22.7 Å². The molecule has 1 unspecified atom stereocenters. The van der Waals surface area contributed by atoms with E-state index in [2.05, 4.69) is 24.1 Å². The summed E-state index contributed by atoms with van der Waals surface area (Å²) in [5.41, 5.74) is 8.65. The van der Waals surface area contributed by atoms with E-state index >= 15 is 0 Å². The highest BCUT2D eigenvalue weighted by molar-refractivity contribution is 7.80. The second kappa shape index (κ2) is 5.66. The minimum Gasteiger partial charge on any atom is -0.389 e. The maximum absolute atomic E-state index is 5.85. The summed E-state index contributed by atoms with van der Waals surface area (Å²) in [4.78, 5) is 4.97. The Morgan fingerprint density at radius 3 is 2.80 bits per heavy atom. The number of thiocarbonyl (C=S) groups is 1. The van der Waals surface area contributed by atoms with Crippen LogP contribution >= 0.6 is 12.2 Å². The monoisotopic (exact) mass is 293 g/mol. The lowest BCUT2D eigenvalue weighted by molar-refractivity contribution is -0.0553. The van der Waals surface area contributed by atoms with Gasteiger partial charge in [-0.25, -0.2) is 4.98 Å². The van der Waals surface area contributed by atoms with Crippen molar-refractivity contribution in [2.24, 2.45) is 5.73 Å². The van der Waals surface area contributed by atoms with Gasteiger partial charge in [0, 0.05) is 18.3 Å². The molecular weight excluding hydrogens is 270 g/mol. The van der Waals surface area contributed by atoms with Gasteiger partial charge < -0.3 is 15.8 Å². The number of nitrogens with zero attached hydrogens (tertiary/aromatic N) is 1. The molecule has 1 aliphatic rings. The third kappa shape index (κ3) is 3.46. The van der Waals surface area contributed by atoms with E-state index in [1.807, 2.05) is 19.9 Å². The Labute approximate surface area is 126 Å². The van der Waals surface area contributed by atoms with Crippen molar-refractivity contribution in [3.05, 3.63) is 22.9 Å². The number of aromatic nitrogens is 1. The summed E-state index contributed by atoms with van der Waals surface area (Å²) in [6.45, 7) is 8.99. The summed E-state index contributed by atoms with van der Waals surface area (Å²) >= 11 is 5.17. The molecule has 0 bridgehead atoms. The lowest BCUT2D eigenvalue weighted by atomic mass is 9.93. The zero-order chi connectivity index (χ0) is 14.9. The molecule has 0 aromatic carbocycles. The zero-order valence-corrected chi connectivity index (χ0v) is 13.4. The van der Waals surface area contributed by atoms with Crippen LogP contribution in [0.2, 0.25) is 0 Å². The molecule has 2 rings (SSSR count). The molecule has 110 valence electrons. The van der Waals surface area contributed by atoms with Crippen LogP contribution in [0.1, 0.15) is 43.5 Å². The highest BCUT2D eigenvalue weighted by atomic mass is 32.1. The molecule has 0 amide bonds. The number of anilines is 1. The van der Waals surface area contributed by atoms with E-state index in [9.17, 15) is 0 Å². The molecule has 1 aromatic rings. The number of pyridine rings is 1. The first kappa shape index (κ1) is 15.2. The first-order chi connectivity index (χ1) is 9.28. The third-order valence-corrected chi connectivity index (χ3v) is 3.83. The Kier molecular flexibility index (Phi) is 4.30. The van der Waals surface area contributed by atoms with E-state index < -0.39 is 0 Å². The summed E-state index contributed by atoms with van der Waals surface area (Å²) in [6.07, 6.45) is 1.91. The molecule has 0 saturated carbocycles. The van der Waals surface area contributed by atoms with Gasteiger partial charge in [0.25, 0.3) is 0 Å². The SMILES string of the molecule is Cc1cc(C)c(C(N)=S)c(NC2CCOC(C)(C)C2)n1. The summed E-state index contributed by atoms with van der Waals surface area (Å²) in [6, 6.07) is 2.34. The normalized spacial score (nSPS) is 21.5. The Morgan fingerprint density at radius 2 is 2.20 bits per heavy atom. The Bertz CT molecular complexity index is 528. The third-order valence-electron chi connectivity index (χ3n) is 3.63. The van der Waals surface area contributed by atoms with Gasteiger partial charge in [0.15, 0.2) is 0 Å². The van der Waals surface area contributed by atoms with Gasteiger partial charge in [-0.05, 0) is 52.2 Å². The van der Waals surface area contributed by atoms with Crippen molar-refractivity contribution in [1.82, 2.24) is 4.98 Å². The number of aryl methyl sites for hydroxylation is 2. The molecule has 20 heavy (non-hydrogen) atoms. The van der Waals surface area contributed by atoms with Gasteiger partial charge in [0.05, 0.1) is 11.2 Å². The minimum absolute atomic E-state index is 0.0990. The topological polar surface area (TPSA) is 60.2 Å². The highest BCUT2D eigenvalue weighted by Crippen LogP contribution is 2.27. The van der Waals surface area contributed by atoms with Gasteiger partial charge in [-0.3, -0.25) is 0 Å². The van der Waals surface area contributed by atoms with Crippen LogP contribution in [0, 0.1) is 13.8 Å². The second-order valence-corrected chi connectivity index (χ2v) is 6.55. The molecule has 0 radical (unpaired) electrons. The predicted molar refractivity (Wildman–Crippen MR) is 86.3 cm³/mol. The van der Waals surface area contributed by atoms with Crippen molar-refractivity contribution >= 4 is 23.0 Å². The zero-order valence-electron chi connectivity index (χ0n) is 12.6. The summed E-state index contributed by atoms with van der Waals surface area (Å²) in [5.74, 6) is 0.803. The number of nitrogens with one attached hydrogen (secondary N) is 1. The van der Waals surface area contributed by atoms with E-state index in [0.29, 0.717) is 11.0 Å². The molecule has 1 atom stereocenters. The fourth-order valence-corrected chi connectivity index (χ4v) is 3.06. The number of ether oxygens (including phenoxy) is 1. The first-order valence-corrected chi connectivity index (χ1v) is 7.38. The largest absolute Gasteiger partial charge is 0.389 e. The van der Waals surface area contributed by atoms with E-state index in [1.165, 1.54) is 0 Å². The molecule has 0 spiro atoms. The highest BCUT2D eigenvalue weighted by Gasteiger charge is 2.29. The number of hydrogen-bond acceptors (Lipinski definition) is 4. The van der Waals surface area contributed by atoms with Gasteiger partial charge in [0.2, 0.25) is 0 Å². The van der Waals surface area contributed by atoms with Crippen LogP contribution in [-0.2, 0) is 4.74 Å². The van der Waals surface area contributed by atoms with Crippen molar-refractivity contribution in [2.45, 2.75) is 52.2 Å². The number of rotatable bonds is 3. The first-order valence-electron chi connectivity index (χ1n) is 6.97. The van der Waals surface area contributed by atoms with Gasteiger partial charge >= 0.3 is 0 Å². The molecule has 1 saturated heterocycles. The summed E-state index contributed by atoms with van der Waals surface area (Å²) in [5, 5.41) is 3.51. The maximum Gasteiger partial charge on any atom is 0.136 e. The average Bonchev–Trinajstić information content (AvgIpc) is 2.25. The van der Waals surface area contributed by atoms with E-state index in [0.717, 1.165) is 42.1 Å². The molecule has 4 nitrogen and oxygen atoms in total. The summed E-state index contributed by atoms with van der Waals surface area (Å²) < 4.78 is 5.75. The van der Waals surface area contributed by atoms with Crippen LogP contribution in [0.5, 0.6) is 0 Å². The molecule has 1 fully saturated rings. The van der Waals surface area contributed by atoms with Gasteiger partial charge in [0.1, 0.15) is 10.8 Å². The molecule has 5 heteroatoms. The van der Waals surface area contributed by atoms with Crippen LogP contribution in [0.15, 0.2) is 6.07 Å². The van der Waals surface area contributed by atoms with Gasteiger partial charge in [-0.2, -0.15) is 0 Å². The number of nitrogens with two attached hydrogens (primary N) is 1. The fraction of sp³-hybridized carbons (Fsp3) is 0.600. The standard InChI is InChI=1S/C15H23N3OS/c1-9-7-10(2)17-14(12(9)13(16)20)18-11-5-6-19-15(3,4)8-11/h7,11H,5-6,8H2,1-4H3,(H2,16,20)(H,17,18). The molecule has 3 N–H and O–H groups in total. The van der Waals surface area contributed by atoms with Crippen LogP contribution < -0.4 is 11.1 Å². The molecule has 1 aliphatic heterocycles. The number of hydrogen-bond donors (Lipinski definition) is 2. The van der Waals surface area contributed by atoms with Crippen molar-refractivity contribution in [1.29, 1.82) is 0 Å². The molecule has 0 aliphatic carbocycles. The van der Waals surface area contributed by atoms with Crippen molar-refractivity contribution in [2.75, 3.05) is 11.9 Å². The molecule has 1 aromatic heterocycles. The minimum atomic E-state index is -0.0990. The van der Waals surface area contributed by atoms with E-state index in [-0.39, 0.29) is 5.60 Å². The van der Waals surface area contributed by atoms with E-state index in [1.54, 1.807) is 0 Å². The lowest BCUT2D eigenvalue weighted by Gasteiger charge is -2.36. The fourth-order valence-electron chi connectivity index (χ4n) is 2.80. The van der Waals surface area contributed by atoms with Crippen molar-refractivity contribution in [3.63, 3.8) is 0 Å². The van der Waals surface area contributed by atoms with Crippen molar-refractivity contribution < 1.29 is 4.74 Å². The maximum atomic E-state index is 5.85. The van der Waals surface area contributed by atoms with Gasteiger partial charge in [-0.15, -0.1) is 0 Å². The van der Waals surface area contributed by atoms with Crippen LogP contribution in [-0.4, -0.2) is 28.2 Å². The Hall–Kier alpha value is -1.20. The van der Waals surface area contributed by atoms with Crippen LogP contribution in [0.3, 0.4) is 0 Å². The summed E-state index contributed by atoms with van der Waals surface area (Å²) in [7, 11) is 0. The smallest absolute Gasteiger partial charge is 0.136 e. The Morgan fingerprint density at radius 1 is 1.50 bits per heavy atom.